The van der Waals surface area contributed by atoms with Gasteiger partial charge in [0.05, 0.1) is 32.1 Å². The number of carbonyl (C=O) groups excluding carboxylic acids is 1. The zero-order valence-electron chi connectivity index (χ0n) is 20.8. The first-order chi connectivity index (χ1) is 17.7. The Balaban J connectivity index is 0.000000165. The molecule has 4 aliphatic rings. The van der Waals surface area contributed by atoms with Crippen molar-refractivity contribution in [1.82, 2.24) is 24.9 Å². The average Bonchev–Trinajstić information content (AvgIpc) is 3.38. The van der Waals surface area contributed by atoms with Gasteiger partial charge in [-0.1, -0.05) is 6.42 Å². The van der Waals surface area contributed by atoms with Crippen molar-refractivity contribution in [3.05, 3.63) is 35.3 Å². The number of nitrogens with one attached hydrogen (secondary N) is 1. The molecule has 196 valence electrons. The Kier molecular flexibility index (Phi) is 8.92. The van der Waals surface area contributed by atoms with Crippen molar-refractivity contribution in [3.8, 4) is 11.3 Å². The maximum absolute atomic E-state index is 13.3. The van der Waals surface area contributed by atoms with Crippen molar-refractivity contribution in [2.24, 2.45) is 0 Å². The molecule has 2 aromatic rings. The third-order valence-corrected chi connectivity index (χ3v) is 8.32. The molecule has 4 aliphatic heterocycles. The maximum atomic E-state index is 13.3. The second-order valence-corrected chi connectivity index (χ2v) is 10.6. The topological polar surface area (TPSA) is 73.9 Å². The monoisotopic (exact) mass is 517 g/mol. The van der Waals surface area contributed by atoms with Gasteiger partial charge < -0.3 is 19.3 Å². The van der Waals surface area contributed by atoms with E-state index in [0.29, 0.717) is 37.8 Å². The van der Waals surface area contributed by atoms with Crippen LogP contribution in [0.5, 0.6) is 0 Å². The minimum Gasteiger partial charge on any atom is -0.379 e. The fourth-order valence-electron chi connectivity index (χ4n) is 5.08. The normalized spacial score (nSPS) is 20.8. The largest absolute Gasteiger partial charge is 0.379 e. The number of aromatic amines is 1. The van der Waals surface area contributed by atoms with Crippen molar-refractivity contribution in [1.29, 1.82) is 0 Å². The Labute approximate surface area is 216 Å². The molecule has 1 aromatic carbocycles. The molecule has 0 atom stereocenters. The molecular formula is C26H36FN5O3S. The van der Waals surface area contributed by atoms with Gasteiger partial charge in [0, 0.05) is 61.0 Å². The molecule has 5 heterocycles. The van der Waals surface area contributed by atoms with Gasteiger partial charge in [0.15, 0.2) is 0 Å². The molecule has 0 radical (unpaired) electrons. The molecule has 0 bridgehead atoms. The summed E-state index contributed by atoms with van der Waals surface area (Å²) in [5, 5.41) is 7.18. The number of rotatable bonds is 4. The van der Waals surface area contributed by atoms with Gasteiger partial charge in [-0.3, -0.25) is 14.8 Å². The van der Waals surface area contributed by atoms with Gasteiger partial charge in [0.1, 0.15) is 11.5 Å². The van der Waals surface area contributed by atoms with E-state index in [0.717, 1.165) is 48.0 Å². The number of nitrogens with zero attached hydrogens (tertiary/aromatic N) is 4. The number of hydrogen-bond donors (Lipinski definition) is 1. The van der Waals surface area contributed by atoms with Crippen molar-refractivity contribution in [3.63, 3.8) is 0 Å². The number of piperidine rings is 1. The summed E-state index contributed by atoms with van der Waals surface area (Å²) in [4.78, 5) is 20.4. The zero-order chi connectivity index (χ0) is 24.7. The van der Waals surface area contributed by atoms with E-state index in [-0.39, 0.29) is 11.7 Å². The molecule has 0 saturated carbocycles. The van der Waals surface area contributed by atoms with Gasteiger partial charge in [0.2, 0.25) is 0 Å². The van der Waals surface area contributed by atoms with Gasteiger partial charge in [-0.25, -0.2) is 4.39 Å². The number of aromatic nitrogens is 2. The lowest BCUT2D eigenvalue weighted by atomic mass is 10.1. The molecule has 0 spiro atoms. The molecule has 3 fully saturated rings. The number of ether oxygens (including phenoxy) is 2. The Morgan fingerprint density at radius 3 is 2.33 bits per heavy atom. The van der Waals surface area contributed by atoms with Crippen molar-refractivity contribution in [2.75, 3.05) is 78.8 Å². The molecular weight excluding hydrogens is 481 g/mol. The average molecular weight is 518 g/mol. The summed E-state index contributed by atoms with van der Waals surface area (Å²) in [5.74, 6) is 0.325. The number of H-pyrrole nitrogens is 1. The lowest BCUT2D eigenvalue weighted by Gasteiger charge is -2.31. The second-order valence-electron chi connectivity index (χ2n) is 9.62. The van der Waals surface area contributed by atoms with Crippen LogP contribution in [-0.2, 0) is 15.2 Å². The highest BCUT2D eigenvalue weighted by Crippen LogP contribution is 2.42. The predicted molar refractivity (Wildman–Crippen MR) is 138 cm³/mol. The van der Waals surface area contributed by atoms with Crippen LogP contribution in [0.25, 0.3) is 11.3 Å². The van der Waals surface area contributed by atoms with E-state index in [4.69, 9.17) is 9.47 Å². The van der Waals surface area contributed by atoms with E-state index in [2.05, 4.69) is 20.0 Å². The number of thioether (sulfide) groups is 1. The standard InChI is InChI=1S/C15H14FN3O2S.C11H22N2O/c16-9-1-2-10-12(7-9)22-8-11-13(10)17-18-14(11)15(20)19-3-5-21-6-4-19;1-2-4-12(5-3-1)6-7-13-8-10-14-11-9-13/h1-2,7H,3-6,8H2,(H,17,18);1-11H2. The summed E-state index contributed by atoms with van der Waals surface area (Å²) in [6, 6.07) is 4.66. The first-order valence-electron chi connectivity index (χ1n) is 13.1. The molecule has 1 N–H and O–H groups in total. The van der Waals surface area contributed by atoms with Crippen LogP contribution in [0.15, 0.2) is 23.1 Å². The number of hydrogen-bond acceptors (Lipinski definition) is 7. The molecule has 36 heavy (non-hydrogen) atoms. The lowest BCUT2D eigenvalue weighted by Crippen LogP contribution is -2.42. The fourth-order valence-corrected chi connectivity index (χ4v) is 6.18. The van der Waals surface area contributed by atoms with Crippen molar-refractivity contribution < 1.29 is 18.7 Å². The van der Waals surface area contributed by atoms with E-state index >= 15 is 0 Å². The number of fused-ring (bicyclic) bond motifs is 3. The lowest BCUT2D eigenvalue weighted by molar-refractivity contribution is 0.0298. The van der Waals surface area contributed by atoms with Gasteiger partial charge >= 0.3 is 0 Å². The predicted octanol–water partition coefficient (Wildman–Crippen LogP) is 3.10. The van der Waals surface area contributed by atoms with E-state index in [9.17, 15) is 9.18 Å². The third kappa shape index (κ3) is 6.28. The van der Waals surface area contributed by atoms with Crippen LogP contribution in [0, 0.1) is 5.82 Å². The van der Waals surface area contributed by atoms with E-state index in [1.165, 1.54) is 69.3 Å². The first kappa shape index (κ1) is 25.7. The van der Waals surface area contributed by atoms with Crippen molar-refractivity contribution >= 4 is 17.7 Å². The Morgan fingerprint density at radius 1 is 0.944 bits per heavy atom. The molecule has 10 heteroatoms. The smallest absolute Gasteiger partial charge is 0.272 e. The summed E-state index contributed by atoms with van der Waals surface area (Å²) in [5.41, 5.74) is 3.08. The van der Waals surface area contributed by atoms with Crippen LogP contribution < -0.4 is 0 Å². The SMILES string of the molecule is C1CCN(CCN2CCOCC2)CC1.O=C(c1[nH]nc2c1CSc1cc(F)ccc1-2)N1CCOCC1. The number of likely N-dealkylation sites (tertiary alicyclic amines) is 1. The van der Waals surface area contributed by atoms with Gasteiger partial charge in [0.25, 0.3) is 5.91 Å². The summed E-state index contributed by atoms with van der Waals surface area (Å²) in [7, 11) is 0. The van der Waals surface area contributed by atoms with Gasteiger partial charge in [-0.2, -0.15) is 5.10 Å². The highest BCUT2D eigenvalue weighted by atomic mass is 32.2. The Bertz CT molecular complexity index is 999. The number of carbonyl (C=O) groups is 1. The van der Waals surface area contributed by atoms with Crippen molar-refractivity contribution in [2.45, 2.75) is 29.9 Å². The van der Waals surface area contributed by atoms with Gasteiger partial charge in [-0.15, -0.1) is 11.8 Å². The van der Waals surface area contributed by atoms with Crippen LogP contribution in [0.1, 0.15) is 35.3 Å². The number of amides is 1. The second kappa shape index (κ2) is 12.5. The number of morpholine rings is 2. The zero-order valence-corrected chi connectivity index (χ0v) is 21.7. The fraction of sp³-hybridized carbons (Fsp3) is 0.615. The quantitative estimate of drug-likeness (QED) is 0.668. The third-order valence-electron chi connectivity index (χ3n) is 7.23. The summed E-state index contributed by atoms with van der Waals surface area (Å²) in [6.07, 6.45) is 4.25. The molecule has 0 aliphatic carbocycles. The summed E-state index contributed by atoms with van der Waals surface area (Å²) in [6.45, 7) is 11.6. The van der Waals surface area contributed by atoms with Crippen LogP contribution >= 0.6 is 11.8 Å². The minimum absolute atomic E-state index is 0.0387. The first-order valence-corrected chi connectivity index (χ1v) is 14.1. The Hall–Kier alpha value is -1.98. The number of benzene rings is 1. The van der Waals surface area contributed by atoms with Crippen LogP contribution in [0.2, 0.25) is 0 Å². The Morgan fingerprint density at radius 2 is 1.61 bits per heavy atom. The van der Waals surface area contributed by atoms with Crippen LogP contribution in [0.4, 0.5) is 4.39 Å². The molecule has 0 unspecified atom stereocenters. The number of halogens is 1. The van der Waals surface area contributed by atoms with E-state index < -0.39 is 0 Å². The maximum Gasteiger partial charge on any atom is 0.272 e. The molecule has 1 amide bonds. The van der Waals surface area contributed by atoms with Crippen LogP contribution in [0.3, 0.4) is 0 Å². The van der Waals surface area contributed by atoms with Crippen LogP contribution in [-0.4, -0.2) is 110 Å². The highest BCUT2D eigenvalue weighted by molar-refractivity contribution is 7.98. The van der Waals surface area contributed by atoms with E-state index in [1.807, 2.05) is 0 Å². The summed E-state index contributed by atoms with van der Waals surface area (Å²) < 4.78 is 23.9. The van der Waals surface area contributed by atoms with Gasteiger partial charge in [-0.05, 0) is 44.1 Å². The molecule has 3 saturated heterocycles. The van der Waals surface area contributed by atoms with E-state index in [1.54, 1.807) is 11.0 Å². The molecule has 6 rings (SSSR count). The minimum atomic E-state index is -0.255. The molecule has 8 nitrogen and oxygen atoms in total. The molecule has 1 aromatic heterocycles. The highest BCUT2D eigenvalue weighted by Gasteiger charge is 2.29. The summed E-state index contributed by atoms with van der Waals surface area (Å²) >= 11 is 1.53.